The van der Waals surface area contributed by atoms with E-state index in [9.17, 15) is 9.59 Å². The molecule has 0 radical (unpaired) electrons. The maximum Gasteiger partial charge on any atom is 0.241 e. The van der Waals surface area contributed by atoms with Crippen molar-refractivity contribution >= 4 is 11.8 Å². The molecule has 1 heterocycles. The minimum Gasteiger partial charge on any atom is -0.347 e. The largest absolute Gasteiger partial charge is 0.347 e. The van der Waals surface area contributed by atoms with Crippen LogP contribution in [0.1, 0.15) is 39.5 Å². The van der Waals surface area contributed by atoms with Crippen molar-refractivity contribution in [2.24, 2.45) is 23.5 Å². The van der Waals surface area contributed by atoms with Gasteiger partial charge in [0.1, 0.15) is 0 Å². The van der Waals surface area contributed by atoms with Crippen LogP contribution in [-0.4, -0.2) is 42.4 Å². The molecule has 3 atom stereocenters. The molecule has 5 nitrogen and oxygen atoms in total. The summed E-state index contributed by atoms with van der Waals surface area (Å²) in [5.41, 5.74) is 6.06. The van der Waals surface area contributed by atoms with E-state index in [1.165, 1.54) is 0 Å². The van der Waals surface area contributed by atoms with Gasteiger partial charge in [0.25, 0.3) is 0 Å². The van der Waals surface area contributed by atoms with Gasteiger partial charge < -0.3 is 16.0 Å². The second-order valence-electron chi connectivity index (χ2n) is 6.67. The molecule has 1 aliphatic heterocycles. The summed E-state index contributed by atoms with van der Waals surface area (Å²) in [7, 11) is 0. The van der Waals surface area contributed by atoms with Crippen LogP contribution in [0.2, 0.25) is 0 Å². The van der Waals surface area contributed by atoms with Crippen molar-refractivity contribution in [2.45, 2.75) is 45.6 Å². The number of nitrogens with two attached hydrogens (primary N) is 1. The minimum atomic E-state index is -0.0249. The highest BCUT2D eigenvalue weighted by Gasteiger charge is 2.42. The predicted molar refractivity (Wildman–Crippen MR) is 77.9 cm³/mol. The van der Waals surface area contributed by atoms with Gasteiger partial charge in [0.2, 0.25) is 11.8 Å². The zero-order valence-corrected chi connectivity index (χ0v) is 12.6. The molecule has 2 aliphatic rings. The van der Waals surface area contributed by atoms with E-state index in [0.29, 0.717) is 24.2 Å². The predicted octanol–water partition coefficient (Wildman–Crippen LogP) is 0.735. The van der Waals surface area contributed by atoms with Gasteiger partial charge in [-0.3, -0.25) is 9.59 Å². The molecule has 0 aromatic carbocycles. The Hall–Kier alpha value is -1.10. The number of carbonyl (C=O) groups excluding carboxylic acids is 2. The molecular formula is C15H27N3O2. The van der Waals surface area contributed by atoms with Crippen LogP contribution >= 0.6 is 0 Å². The van der Waals surface area contributed by atoms with Gasteiger partial charge in [-0.2, -0.15) is 0 Å². The molecule has 2 amide bonds. The van der Waals surface area contributed by atoms with Gasteiger partial charge in [0.15, 0.2) is 0 Å². The quantitative estimate of drug-likeness (QED) is 0.780. The van der Waals surface area contributed by atoms with Crippen LogP contribution in [0.3, 0.4) is 0 Å². The zero-order chi connectivity index (χ0) is 14.7. The van der Waals surface area contributed by atoms with Crippen molar-refractivity contribution in [3.63, 3.8) is 0 Å². The summed E-state index contributed by atoms with van der Waals surface area (Å²) in [6, 6.07) is 0.249. The molecule has 2 fully saturated rings. The van der Waals surface area contributed by atoms with E-state index in [0.717, 1.165) is 32.4 Å². The maximum atomic E-state index is 12.1. The van der Waals surface area contributed by atoms with Crippen molar-refractivity contribution in [3.05, 3.63) is 0 Å². The molecule has 0 bridgehead atoms. The van der Waals surface area contributed by atoms with Gasteiger partial charge in [0, 0.05) is 25.6 Å². The highest BCUT2D eigenvalue weighted by molar-refractivity contribution is 5.84. The number of nitrogens with zero attached hydrogens (tertiary/aromatic N) is 1. The third kappa shape index (κ3) is 3.72. The second kappa shape index (κ2) is 6.57. The maximum absolute atomic E-state index is 12.1. The zero-order valence-electron chi connectivity index (χ0n) is 12.6. The third-order valence-corrected chi connectivity index (χ3v) is 4.65. The number of rotatable bonds is 5. The van der Waals surface area contributed by atoms with Crippen LogP contribution in [0.5, 0.6) is 0 Å². The molecule has 3 unspecified atom stereocenters. The van der Waals surface area contributed by atoms with E-state index in [4.69, 9.17) is 5.73 Å². The number of amides is 2. The van der Waals surface area contributed by atoms with E-state index in [-0.39, 0.29) is 24.4 Å². The van der Waals surface area contributed by atoms with Crippen molar-refractivity contribution in [3.8, 4) is 0 Å². The number of carbonyl (C=O) groups is 2. The second-order valence-corrected chi connectivity index (χ2v) is 6.67. The Morgan fingerprint density at radius 3 is 2.70 bits per heavy atom. The van der Waals surface area contributed by atoms with Crippen LogP contribution in [0.4, 0.5) is 0 Å². The van der Waals surface area contributed by atoms with Crippen LogP contribution < -0.4 is 11.1 Å². The van der Waals surface area contributed by atoms with Crippen LogP contribution in [0, 0.1) is 17.8 Å². The Morgan fingerprint density at radius 1 is 1.30 bits per heavy atom. The van der Waals surface area contributed by atoms with Gasteiger partial charge >= 0.3 is 0 Å². The molecule has 20 heavy (non-hydrogen) atoms. The van der Waals surface area contributed by atoms with Crippen molar-refractivity contribution in [1.82, 2.24) is 10.2 Å². The standard InChI is InChI=1S/C15H27N3O2/c1-10(2)3-6-14(19)17-7-15(20)18-8-11-4-5-13(16)12(11)9-18/h10-13H,3-9,16H2,1-2H3,(H,17,19). The van der Waals surface area contributed by atoms with Crippen molar-refractivity contribution < 1.29 is 9.59 Å². The summed E-state index contributed by atoms with van der Waals surface area (Å²) in [6.07, 6.45) is 3.59. The lowest BCUT2D eigenvalue weighted by molar-refractivity contribution is -0.132. The summed E-state index contributed by atoms with van der Waals surface area (Å²) >= 11 is 0. The molecule has 1 aliphatic carbocycles. The fraction of sp³-hybridized carbons (Fsp3) is 0.867. The summed E-state index contributed by atoms with van der Waals surface area (Å²) in [5, 5.41) is 2.73. The van der Waals surface area contributed by atoms with Gasteiger partial charge in [-0.1, -0.05) is 13.8 Å². The summed E-state index contributed by atoms with van der Waals surface area (Å²) in [6.45, 7) is 5.90. The average molecular weight is 281 g/mol. The molecule has 1 saturated heterocycles. The SMILES string of the molecule is CC(C)CCC(=O)NCC(=O)N1CC2CCC(N)C2C1. The highest BCUT2D eigenvalue weighted by atomic mass is 16.2. The molecule has 3 N–H and O–H groups in total. The lowest BCUT2D eigenvalue weighted by Gasteiger charge is -2.19. The normalized spacial score (nSPS) is 28.8. The Bertz CT molecular complexity index is 370. The molecule has 0 aromatic heterocycles. The van der Waals surface area contributed by atoms with Crippen LogP contribution in [0.15, 0.2) is 0 Å². The molecule has 2 rings (SSSR count). The molecular weight excluding hydrogens is 254 g/mol. The van der Waals surface area contributed by atoms with Crippen LogP contribution in [-0.2, 0) is 9.59 Å². The van der Waals surface area contributed by atoms with Crippen LogP contribution in [0.25, 0.3) is 0 Å². The minimum absolute atomic E-state index is 0.0249. The first kappa shape index (κ1) is 15.3. The Balaban J connectivity index is 1.70. The fourth-order valence-electron chi connectivity index (χ4n) is 3.31. The Morgan fingerprint density at radius 2 is 2.05 bits per heavy atom. The molecule has 0 spiro atoms. The lowest BCUT2D eigenvalue weighted by Crippen LogP contribution is -2.40. The van der Waals surface area contributed by atoms with E-state index in [1.54, 1.807) is 0 Å². The first-order chi connectivity index (χ1) is 9.47. The lowest BCUT2D eigenvalue weighted by atomic mass is 9.98. The van der Waals surface area contributed by atoms with Gasteiger partial charge in [-0.25, -0.2) is 0 Å². The number of hydrogen-bond donors (Lipinski definition) is 2. The van der Waals surface area contributed by atoms with E-state index in [2.05, 4.69) is 19.2 Å². The number of nitrogens with one attached hydrogen (secondary N) is 1. The Kier molecular flexibility index (Phi) is 5.02. The first-order valence-corrected chi connectivity index (χ1v) is 7.77. The van der Waals surface area contributed by atoms with E-state index >= 15 is 0 Å². The fourth-order valence-corrected chi connectivity index (χ4v) is 3.31. The number of hydrogen-bond acceptors (Lipinski definition) is 3. The summed E-state index contributed by atoms with van der Waals surface area (Å²) < 4.78 is 0. The van der Waals surface area contributed by atoms with Gasteiger partial charge in [-0.15, -0.1) is 0 Å². The third-order valence-electron chi connectivity index (χ3n) is 4.65. The van der Waals surface area contributed by atoms with E-state index < -0.39 is 0 Å². The van der Waals surface area contributed by atoms with Gasteiger partial charge in [-0.05, 0) is 37.0 Å². The number of likely N-dealkylation sites (tertiary alicyclic amines) is 1. The van der Waals surface area contributed by atoms with Crippen molar-refractivity contribution in [2.75, 3.05) is 19.6 Å². The van der Waals surface area contributed by atoms with E-state index in [1.807, 2.05) is 4.90 Å². The molecule has 5 heteroatoms. The first-order valence-electron chi connectivity index (χ1n) is 7.77. The Labute approximate surface area is 121 Å². The van der Waals surface area contributed by atoms with Crippen molar-refractivity contribution in [1.29, 1.82) is 0 Å². The molecule has 1 saturated carbocycles. The highest BCUT2D eigenvalue weighted by Crippen LogP contribution is 2.36. The summed E-state index contributed by atoms with van der Waals surface area (Å²) in [5.74, 6) is 1.56. The average Bonchev–Trinajstić information content (AvgIpc) is 2.96. The smallest absolute Gasteiger partial charge is 0.241 e. The van der Waals surface area contributed by atoms with Gasteiger partial charge in [0.05, 0.1) is 6.54 Å². The number of fused-ring (bicyclic) bond motifs is 1. The summed E-state index contributed by atoms with van der Waals surface area (Å²) in [4.78, 5) is 25.6. The monoisotopic (exact) mass is 281 g/mol. The molecule has 114 valence electrons. The molecule has 0 aromatic rings. The topological polar surface area (TPSA) is 75.4 Å².